The third-order valence-corrected chi connectivity index (χ3v) is 3.74. The molecule has 0 spiro atoms. The van der Waals surface area contributed by atoms with Crippen LogP contribution in [-0.2, 0) is 11.2 Å². The number of carboxylic acid groups (broad SMARTS) is 1. The largest absolute Gasteiger partial charge is 0.481 e. The van der Waals surface area contributed by atoms with Crippen molar-refractivity contribution < 1.29 is 19.1 Å². The Kier molecular flexibility index (Phi) is 5.42. The number of fused-ring (bicyclic) bond motifs is 1. The molecule has 0 saturated carbocycles. The van der Waals surface area contributed by atoms with Gasteiger partial charge in [-0.1, -0.05) is 26.8 Å². The van der Waals surface area contributed by atoms with E-state index in [4.69, 9.17) is 9.52 Å². The maximum atomic E-state index is 12.8. The number of nitrogens with zero attached hydrogens (tertiary/aromatic N) is 1. The van der Waals surface area contributed by atoms with Gasteiger partial charge in [-0.05, 0) is 30.0 Å². The summed E-state index contributed by atoms with van der Waals surface area (Å²) in [7, 11) is 0. The molecule has 2 aromatic rings. The Bertz CT molecular complexity index is 702. The second-order valence-corrected chi connectivity index (χ2v) is 6.12. The summed E-state index contributed by atoms with van der Waals surface area (Å²) in [5.74, 6) is -0.819. The molecule has 0 aliphatic rings. The number of hydrogen-bond acceptors (Lipinski definition) is 3. The summed E-state index contributed by atoms with van der Waals surface area (Å²) in [4.78, 5) is 25.3. The highest BCUT2D eigenvalue weighted by Gasteiger charge is 2.22. The third kappa shape index (κ3) is 4.12. The molecular weight excluding hydrogens is 294 g/mol. The number of rotatable bonds is 7. The number of aliphatic carboxylic acids is 1. The minimum atomic E-state index is -0.906. The molecule has 0 saturated heterocycles. The second kappa shape index (κ2) is 7.31. The SMILES string of the molecule is CCc1ccc2occ(C(=O)N(CCC(=O)O)CC(C)C)c2c1. The number of carboxylic acids is 1. The zero-order valence-corrected chi connectivity index (χ0v) is 13.8. The van der Waals surface area contributed by atoms with Crippen molar-refractivity contribution in [2.75, 3.05) is 13.1 Å². The standard InChI is InChI=1S/C18H23NO4/c1-4-13-5-6-16-14(9-13)15(11-23-16)18(22)19(10-12(2)3)8-7-17(20)21/h5-6,9,11-12H,4,7-8,10H2,1-3H3,(H,20,21). The molecule has 0 aliphatic carbocycles. The predicted octanol–water partition coefficient (Wildman–Crippen LogP) is 3.57. The summed E-state index contributed by atoms with van der Waals surface area (Å²) in [6.07, 6.45) is 2.29. The Balaban J connectivity index is 2.32. The number of carbonyl (C=O) groups excluding carboxylic acids is 1. The Hall–Kier alpha value is -2.30. The van der Waals surface area contributed by atoms with Crippen molar-refractivity contribution in [3.8, 4) is 0 Å². The highest BCUT2D eigenvalue weighted by molar-refractivity contribution is 6.06. The molecule has 0 radical (unpaired) electrons. The molecular formula is C18H23NO4. The van der Waals surface area contributed by atoms with Crippen LogP contribution >= 0.6 is 0 Å². The summed E-state index contributed by atoms with van der Waals surface area (Å²) in [5.41, 5.74) is 2.31. The summed E-state index contributed by atoms with van der Waals surface area (Å²) in [5, 5.41) is 9.68. The number of furan rings is 1. The molecule has 124 valence electrons. The maximum absolute atomic E-state index is 12.8. The number of hydrogen-bond donors (Lipinski definition) is 1. The summed E-state index contributed by atoms with van der Waals surface area (Å²) in [6.45, 7) is 6.78. The van der Waals surface area contributed by atoms with Gasteiger partial charge in [-0.3, -0.25) is 9.59 Å². The fraction of sp³-hybridized carbons (Fsp3) is 0.444. The lowest BCUT2D eigenvalue weighted by Gasteiger charge is -2.23. The first kappa shape index (κ1) is 17.1. The Morgan fingerprint density at radius 1 is 1.30 bits per heavy atom. The average molecular weight is 317 g/mol. The van der Waals surface area contributed by atoms with Crippen molar-refractivity contribution in [1.29, 1.82) is 0 Å². The molecule has 0 atom stereocenters. The molecule has 0 fully saturated rings. The van der Waals surface area contributed by atoms with Gasteiger partial charge in [0.25, 0.3) is 5.91 Å². The van der Waals surface area contributed by atoms with Crippen LogP contribution < -0.4 is 0 Å². The maximum Gasteiger partial charge on any atom is 0.305 e. The molecule has 0 aliphatic heterocycles. The minimum absolute atomic E-state index is 0.0611. The van der Waals surface area contributed by atoms with Gasteiger partial charge in [0.15, 0.2) is 0 Å². The van der Waals surface area contributed by atoms with Crippen molar-refractivity contribution in [1.82, 2.24) is 4.90 Å². The number of aryl methyl sites for hydroxylation is 1. The van der Waals surface area contributed by atoms with Gasteiger partial charge in [-0.15, -0.1) is 0 Å². The average Bonchev–Trinajstić information content (AvgIpc) is 2.93. The number of carbonyl (C=O) groups is 2. The van der Waals surface area contributed by atoms with Gasteiger partial charge in [0, 0.05) is 18.5 Å². The van der Waals surface area contributed by atoms with Crippen molar-refractivity contribution in [3.05, 3.63) is 35.6 Å². The molecule has 1 aromatic heterocycles. The summed E-state index contributed by atoms with van der Waals surface area (Å²) < 4.78 is 5.49. The Labute approximate surface area is 135 Å². The van der Waals surface area contributed by atoms with Crippen molar-refractivity contribution in [2.45, 2.75) is 33.6 Å². The molecule has 23 heavy (non-hydrogen) atoms. The third-order valence-electron chi connectivity index (χ3n) is 3.74. The topological polar surface area (TPSA) is 70.8 Å². The van der Waals surface area contributed by atoms with Crippen LogP contribution in [0.1, 0.15) is 43.1 Å². The van der Waals surface area contributed by atoms with E-state index in [1.165, 1.54) is 6.26 Å². The van der Waals surface area contributed by atoms with E-state index in [2.05, 4.69) is 6.92 Å². The fourth-order valence-corrected chi connectivity index (χ4v) is 2.58. The predicted molar refractivity (Wildman–Crippen MR) is 88.6 cm³/mol. The van der Waals surface area contributed by atoms with Gasteiger partial charge >= 0.3 is 5.97 Å². The van der Waals surface area contributed by atoms with Crippen LogP contribution in [0, 0.1) is 5.92 Å². The molecule has 1 amide bonds. The van der Waals surface area contributed by atoms with Crippen LogP contribution in [0.25, 0.3) is 11.0 Å². The first-order valence-electron chi connectivity index (χ1n) is 7.93. The number of benzene rings is 1. The van der Waals surface area contributed by atoms with Crippen molar-refractivity contribution in [3.63, 3.8) is 0 Å². The fourth-order valence-electron chi connectivity index (χ4n) is 2.58. The smallest absolute Gasteiger partial charge is 0.305 e. The van der Waals surface area contributed by atoms with Gasteiger partial charge in [0.05, 0.1) is 12.0 Å². The first-order valence-corrected chi connectivity index (χ1v) is 7.93. The van der Waals surface area contributed by atoms with Crippen LogP contribution in [0.3, 0.4) is 0 Å². The second-order valence-electron chi connectivity index (χ2n) is 6.12. The molecule has 1 N–H and O–H groups in total. The van der Waals surface area contributed by atoms with Crippen LogP contribution in [0.4, 0.5) is 0 Å². The molecule has 0 unspecified atom stereocenters. The molecule has 2 rings (SSSR count). The van der Waals surface area contributed by atoms with E-state index >= 15 is 0 Å². The van der Waals surface area contributed by atoms with Gasteiger partial charge in [0.1, 0.15) is 11.8 Å². The first-order chi connectivity index (χ1) is 10.9. The lowest BCUT2D eigenvalue weighted by atomic mass is 10.1. The number of amides is 1. The zero-order valence-electron chi connectivity index (χ0n) is 13.8. The molecule has 1 heterocycles. The van der Waals surface area contributed by atoms with E-state index in [0.717, 1.165) is 17.4 Å². The van der Waals surface area contributed by atoms with Crippen molar-refractivity contribution >= 4 is 22.8 Å². The molecule has 5 nitrogen and oxygen atoms in total. The Morgan fingerprint density at radius 3 is 2.65 bits per heavy atom. The molecule has 5 heteroatoms. The van der Waals surface area contributed by atoms with Gasteiger partial charge in [0.2, 0.25) is 0 Å². The van der Waals surface area contributed by atoms with Crippen LogP contribution in [0.5, 0.6) is 0 Å². The summed E-state index contributed by atoms with van der Waals surface area (Å²) in [6, 6.07) is 5.82. The van der Waals surface area contributed by atoms with Gasteiger partial charge in [-0.25, -0.2) is 0 Å². The lowest BCUT2D eigenvalue weighted by Crippen LogP contribution is -2.35. The minimum Gasteiger partial charge on any atom is -0.481 e. The van der Waals surface area contributed by atoms with E-state index in [-0.39, 0.29) is 24.8 Å². The van der Waals surface area contributed by atoms with E-state index in [9.17, 15) is 9.59 Å². The van der Waals surface area contributed by atoms with E-state index in [0.29, 0.717) is 17.7 Å². The van der Waals surface area contributed by atoms with Crippen LogP contribution in [0.2, 0.25) is 0 Å². The quantitative estimate of drug-likeness (QED) is 0.847. The Morgan fingerprint density at radius 2 is 2.04 bits per heavy atom. The van der Waals surface area contributed by atoms with E-state index in [1.807, 2.05) is 32.0 Å². The van der Waals surface area contributed by atoms with E-state index < -0.39 is 5.97 Å². The lowest BCUT2D eigenvalue weighted by molar-refractivity contribution is -0.137. The van der Waals surface area contributed by atoms with Crippen molar-refractivity contribution in [2.24, 2.45) is 5.92 Å². The zero-order chi connectivity index (χ0) is 17.0. The van der Waals surface area contributed by atoms with Gasteiger partial charge < -0.3 is 14.4 Å². The monoisotopic (exact) mass is 317 g/mol. The highest BCUT2D eigenvalue weighted by Crippen LogP contribution is 2.24. The van der Waals surface area contributed by atoms with Crippen LogP contribution in [0.15, 0.2) is 28.9 Å². The highest BCUT2D eigenvalue weighted by atomic mass is 16.4. The summed E-state index contributed by atoms with van der Waals surface area (Å²) >= 11 is 0. The molecule has 0 bridgehead atoms. The molecule has 1 aromatic carbocycles. The van der Waals surface area contributed by atoms with Crippen LogP contribution in [-0.4, -0.2) is 35.0 Å². The van der Waals surface area contributed by atoms with E-state index in [1.54, 1.807) is 4.90 Å². The normalized spacial score (nSPS) is 11.1. The van der Waals surface area contributed by atoms with Gasteiger partial charge in [-0.2, -0.15) is 0 Å².